The summed E-state index contributed by atoms with van der Waals surface area (Å²) in [6.45, 7) is 1.79. The van der Waals surface area contributed by atoms with Crippen LogP contribution in [0, 0.1) is 0 Å². The zero-order valence-electron chi connectivity index (χ0n) is 12.9. The van der Waals surface area contributed by atoms with Crippen molar-refractivity contribution in [3.8, 4) is 17.0 Å². The SMILES string of the molecule is C/C=C/C(=O)Nc1cc(-c2cn3cccnc3n2)ccc1OC. The summed E-state index contributed by atoms with van der Waals surface area (Å²) < 4.78 is 7.14. The van der Waals surface area contributed by atoms with Crippen LogP contribution in [0.5, 0.6) is 5.75 Å². The molecule has 116 valence electrons. The number of benzene rings is 1. The van der Waals surface area contributed by atoms with Gasteiger partial charge in [0, 0.05) is 24.2 Å². The smallest absolute Gasteiger partial charge is 0.248 e. The first-order chi connectivity index (χ1) is 11.2. The van der Waals surface area contributed by atoms with Crippen molar-refractivity contribution < 1.29 is 9.53 Å². The van der Waals surface area contributed by atoms with Crippen LogP contribution in [0.25, 0.3) is 17.0 Å². The minimum atomic E-state index is -0.209. The number of rotatable bonds is 4. The second-order valence-corrected chi connectivity index (χ2v) is 4.86. The highest BCUT2D eigenvalue weighted by atomic mass is 16.5. The number of nitrogens with one attached hydrogen (secondary N) is 1. The van der Waals surface area contributed by atoms with Gasteiger partial charge in [0.1, 0.15) is 5.75 Å². The maximum atomic E-state index is 11.8. The van der Waals surface area contributed by atoms with E-state index in [2.05, 4.69) is 15.3 Å². The second-order valence-electron chi connectivity index (χ2n) is 4.86. The highest BCUT2D eigenvalue weighted by molar-refractivity contribution is 6.00. The number of ether oxygens (including phenoxy) is 1. The van der Waals surface area contributed by atoms with Gasteiger partial charge in [-0.25, -0.2) is 9.97 Å². The summed E-state index contributed by atoms with van der Waals surface area (Å²) in [5, 5.41) is 2.81. The molecule has 0 aliphatic carbocycles. The molecule has 0 fully saturated rings. The average Bonchev–Trinajstić information content (AvgIpc) is 2.99. The van der Waals surface area contributed by atoms with Crippen molar-refractivity contribution in [2.45, 2.75) is 6.92 Å². The summed E-state index contributed by atoms with van der Waals surface area (Å²) in [6.07, 6.45) is 8.61. The Bertz CT molecular complexity index is 850. The number of methoxy groups -OCH3 is 1. The predicted octanol–water partition coefficient (Wildman–Crippen LogP) is 2.92. The molecule has 0 aliphatic rings. The second kappa shape index (κ2) is 6.31. The highest BCUT2D eigenvalue weighted by Gasteiger charge is 2.10. The predicted molar refractivity (Wildman–Crippen MR) is 88.4 cm³/mol. The van der Waals surface area contributed by atoms with Gasteiger partial charge in [0.2, 0.25) is 11.7 Å². The molecule has 6 heteroatoms. The molecule has 0 aliphatic heterocycles. The van der Waals surface area contributed by atoms with Crippen molar-refractivity contribution in [3.05, 3.63) is 55.0 Å². The molecule has 23 heavy (non-hydrogen) atoms. The summed E-state index contributed by atoms with van der Waals surface area (Å²) >= 11 is 0. The summed E-state index contributed by atoms with van der Waals surface area (Å²) in [4.78, 5) is 20.5. The maximum Gasteiger partial charge on any atom is 0.248 e. The van der Waals surface area contributed by atoms with Crippen molar-refractivity contribution in [3.63, 3.8) is 0 Å². The number of hydrogen-bond donors (Lipinski definition) is 1. The van der Waals surface area contributed by atoms with Gasteiger partial charge in [-0.15, -0.1) is 0 Å². The molecule has 1 amide bonds. The fourth-order valence-electron chi connectivity index (χ4n) is 2.26. The zero-order chi connectivity index (χ0) is 16.2. The van der Waals surface area contributed by atoms with Crippen LogP contribution in [0.15, 0.2) is 55.0 Å². The maximum absolute atomic E-state index is 11.8. The van der Waals surface area contributed by atoms with Gasteiger partial charge in [-0.2, -0.15) is 0 Å². The molecule has 0 saturated heterocycles. The molecule has 0 bridgehead atoms. The van der Waals surface area contributed by atoms with Gasteiger partial charge in [0.05, 0.1) is 18.5 Å². The van der Waals surface area contributed by atoms with Crippen molar-refractivity contribution in [1.29, 1.82) is 0 Å². The molecular weight excluding hydrogens is 292 g/mol. The average molecular weight is 308 g/mol. The van der Waals surface area contributed by atoms with E-state index in [1.54, 1.807) is 32.4 Å². The lowest BCUT2D eigenvalue weighted by Crippen LogP contribution is -2.09. The molecule has 0 spiro atoms. The van der Waals surface area contributed by atoms with E-state index in [4.69, 9.17) is 4.74 Å². The van der Waals surface area contributed by atoms with E-state index in [0.717, 1.165) is 11.3 Å². The first kappa shape index (κ1) is 14.8. The summed E-state index contributed by atoms with van der Waals surface area (Å²) in [7, 11) is 1.56. The standard InChI is InChI=1S/C17H16N4O2/c1-3-5-16(22)19-13-10-12(6-7-15(13)23-2)14-11-21-9-4-8-18-17(21)20-14/h3-11H,1-2H3,(H,19,22)/b5-3+. The molecular formula is C17H16N4O2. The molecule has 2 heterocycles. The van der Waals surface area contributed by atoms with Crippen LogP contribution in [-0.4, -0.2) is 27.4 Å². The third-order valence-corrected chi connectivity index (χ3v) is 3.31. The van der Waals surface area contributed by atoms with E-state index >= 15 is 0 Å². The van der Waals surface area contributed by atoms with Gasteiger partial charge in [0.25, 0.3) is 0 Å². The number of hydrogen-bond acceptors (Lipinski definition) is 4. The first-order valence-electron chi connectivity index (χ1n) is 7.13. The lowest BCUT2D eigenvalue weighted by Gasteiger charge is -2.10. The number of carbonyl (C=O) groups is 1. The lowest BCUT2D eigenvalue weighted by atomic mass is 10.1. The molecule has 2 aromatic heterocycles. The van der Waals surface area contributed by atoms with Crippen molar-refractivity contribution >= 4 is 17.4 Å². The molecule has 1 aromatic carbocycles. The van der Waals surface area contributed by atoms with Crippen LogP contribution >= 0.6 is 0 Å². The first-order valence-corrected chi connectivity index (χ1v) is 7.13. The van der Waals surface area contributed by atoms with Gasteiger partial charge in [-0.3, -0.25) is 9.20 Å². The number of carbonyl (C=O) groups excluding carboxylic acids is 1. The Balaban J connectivity index is 2.01. The Labute approximate surface area is 133 Å². The Morgan fingerprint density at radius 3 is 3.00 bits per heavy atom. The van der Waals surface area contributed by atoms with Gasteiger partial charge < -0.3 is 10.1 Å². The van der Waals surface area contributed by atoms with Crippen LogP contribution < -0.4 is 10.1 Å². The Hall–Kier alpha value is -3.15. The van der Waals surface area contributed by atoms with Crippen LogP contribution in [-0.2, 0) is 4.79 Å². The molecule has 0 saturated carbocycles. The molecule has 3 aromatic rings. The molecule has 0 atom stereocenters. The summed E-state index contributed by atoms with van der Waals surface area (Å²) in [6, 6.07) is 7.38. The van der Waals surface area contributed by atoms with Crippen LogP contribution in [0.1, 0.15) is 6.92 Å². The van der Waals surface area contributed by atoms with Gasteiger partial charge >= 0.3 is 0 Å². The third-order valence-electron chi connectivity index (χ3n) is 3.31. The Morgan fingerprint density at radius 1 is 1.39 bits per heavy atom. The largest absolute Gasteiger partial charge is 0.495 e. The van der Waals surface area contributed by atoms with E-state index in [1.807, 2.05) is 35.0 Å². The Morgan fingerprint density at radius 2 is 2.26 bits per heavy atom. The van der Waals surface area contributed by atoms with Gasteiger partial charge in [0.15, 0.2) is 0 Å². The van der Waals surface area contributed by atoms with Crippen molar-refractivity contribution in [2.75, 3.05) is 12.4 Å². The van der Waals surface area contributed by atoms with Crippen LogP contribution in [0.3, 0.4) is 0 Å². The van der Waals surface area contributed by atoms with E-state index < -0.39 is 0 Å². The number of amides is 1. The summed E-state index contributed by atoms with van der Waals surface area (Å²) in [5.74, 6) is 1.01. The zero-order valence-corrected chi connectivity index (χ0v) is 12.9. The molecule has 0 unspecified atom stereocenters. The van der Waals surface area contributed by atoms with Crippen molar-refractivity contribution in [1.82, 2.24) is 14.4 Å². The highest BCUT2D eigenvalue weighted by Crippen LogP contribution is 2.30. The van der Waals surface area contributed by atoms with E-state index in [1.165, 1.54) is 6.08 Å². The molecule has 3 rings (SSSR count). The fourth-order valence-corrected chi connectivity index (χ4v) is 2.26. The minimum Gasteiger partial charge on any atom is -0.495 e. The van der Waals surface area contributed by atoms with Crippen LogP contribution in [0.4, 0.5) is 5.69 Å². The normalized spacial score (nSPS) is 11.0. The third kappa shape index (κ3) is 3.06. The van der Waals surface area contributed by atoms with Crippen LogP contribution in [0.2, 0.25) is 0 Å². The van der Waals surface area contributed by atoms with Crippen molar-refractivity contribution in [2.24, 2.45) is 0 Å². The number of anilines is 1. The molecule has 0 radical (unpaired) electrons. The fraction of sp³-hybridized carbons (Fsp3) is 0.118. The van der Waals surface area contributed by atoms with E-state index in [0.29, 0.717) is 17.2 Å². The summed E-state index contributed by atoms with van der Waals surface area (Å²) in [5.41, 5.74) is 2.23. The van der Waals surface area contributed by atoms with E-state index in [-0.39, 0.29) is 5.91 Å². The number of aromatic nitrogens is 3. The number of allylic oxidation sites excluding steroid dienone is 1. The lowest BCUT2D eigenvalue weighted by molar-refractivity contribution is -0.111. The van der Waals surface area contributed by atoms with Gasteiger partial charge in [-0.1, -0.05) is 6.08 Å². The Kier molecular flexibility index (Phi) is 4.05. The van der Waals surface area contributed by atoms with E-state index in [9.17, 15) is 4.79 Å². The minimum absolute atomic E-state index is 0.209. The monoisotopic (exact) mass is 308 g/mol. The van der Waals surface area contributed by atoms with Gasteiger partial charge in [-0.05, 0) is 37.3 Å². The number of nitrogens with zero attached hydrogens (tertiary/aromatic N) is 3. The topological polar surface area (TPSA) is 68.5 Å². The number of imidazole rings is 1. The molecule has 6 nitrogen and oxygen atoms in total. The quantitative estimate of drug-likeness (QED) is 0.752. The molecule has 1 N–H and O–H groups in total. The number of fused-ring (bicyclic) bond motifs is 1.